The standard InChI is InChI=1S/C13H15ClN4O2/c1-7(2)11-10(12(14)18(3)17-11)13(20)16-8-6-15-5-4-9(8)19/h4-7H,1-3H3,(H,15,19)(H,16,20). The van der Waals surface area contributed by atoms with Crippen LogP contribution in [-0.2, 0) is 7.05 Å². The van der Waals surface area contributed by atoms with Crippen LogP contribution in [0.5, 0.6) is 0 Å². The second-order valence-electron chi connectivity index (χ2n) is 4.71. The van der Waals surface area contributed by atoms with Crippen LogP contribution in [-0.4, -0.2) is 20.7 Å². The topological polar surface area (TPSA) is 79.8 Å². The van der Waals surface area contributed by atoms with Gasteiger partial charge in [0.15, 0.2) is 0 Å². The number of aromatic amines is 1. The predicted molar refractivity (Wildman–Crippen MR) is 77.3 cm³/mol. The summed E-state index contributed by atoms with van der Waals surface area (Å²) in [6.07, 6.45) is 2.92. The molecule has 0 aliphatic rings. The largest absolute Gasteiger partial charge is 0.366 e. The van der Waals surface area contributed by atoms with E-state index in [1.54, 1.807) is 7.05 Å². The smallest absolute Gasteiger partial charge is 0.260 e. The van der Waals surface area contributed by atoms with E-state index in [0.29, 0.717) is 11.3 Å². The Kier molecular flexibility index (Phi) is 3.94. The molecule has 106 valence electrons. The van der Waals surface area contributed by atoms with E-state index in [-0.39, 0.29) is 22.2 Å². The molecule has 0 radical (unpaired) electrons. The highest BCUT2D eigenvalue weighted by atomic mass is 35.5. The van der Waals surface area contributed by atoms with Crippen molar-refractivity contribution >= 4 is 23.2 Å². The molecule has 6 nitrogen and oxygen atoms in total. The Morgan fingerprint density at radius 2 is 2.20 bits per heavy atom. The molecular weight excluding hydrogens is 280 g/mol. The van der Waals surface area contributed by atoms with E-state index in [0.717, 1.165) is 0 Å². The van der Waals surface area contributed by atoms with Gasteiger partial charge in [0, 0.05) is 25.5 Å². The molecule has 0 bridgehead atoms. The molecular formula is C13H15ClN4O2. The molecule has 2 heterocycles. The number of nitrogens with zero attached hydrogens (tertiary/aromatic N) is 2. The molecule has 0 saturated heterocycles. The molecule has 20 heavy (non-hydrogen) atoms. The first kappa shape index (κ1) is 14.3. The highest BCUT2D eigenvalue weighted by Crippen LogP contribution is 2.25. The first-order chi connectivity index (χ1) is 9.41. The molecule has 1 amide bonds. The minimum Gasteiger partial charge on any atom is -0.366 e. The third-order valence-corrected chi connectivity index (χ3v) is 3.28. The number of aryl methyl sites for hydroxylation is 1. The fourth-order valence-electron chi connectivity index (χ4n) is 1.84. The van der Waals surface area contributed by atoms with Crippen LogP contribution in [0.25, 0.3) is 0 Å². The zero-order valence-electron chi connectivity index (χ0n) is 11.4. The fraction of sp³-hybridized carbons (Fsp3) is 0.308. The van der Waals surface area contributed by atoms with Gasteiger partial charge in [0.05, 0.1) is 5.69 Å². The van der Waals surface area contributed by atoms with Crippen LogP contribution in [0.4, 0.5) is 5.69 Å². The number of anilines is 1. The zero-order valence-corrected chi connectivity index (χ0v) is 12.2. The summed E-state index contributed by atoms with van der Waals surface area (Å²) in [5.74, 6) is -0.396. The summed E-state index contributed by atoms with van der Waals surface area (Å²) in [7, 11) is 1.67. The quantitative estimate of drug-likeness (QED) is 0.910. The van der Waals surface area contributed by atoms with Gasteiger partial charge in [0.1, 0.15) is 16.4 Å². The van der Waals surface area contributed by atoms with Crippen LogP contribution in [0.15, 0.2) is 23.3 Å². The van der Waals surface area contributed by atoms with Gasteiger partial charge in [0.25, 0.3) is 5.91 Å². The summed E-state index contributed by atoms with van der Waals surface area (Å²) in [5.41, 5.74) is 0.796. The van der Waals surface area contributed by atoms with Gasteiger partial charge in [-0.15, -0.1) is 0 Å². The number of pyridine rings is 1. The SMILES string of the molecule is CC(C)c1nn(C)c(Cl)c1C(=O)Nc1c[nH]ccc1=O. The minimum atomic E-state index is -0.441. The summed E-state index contributed by atoms with van der Waals surface area (Å²) in [6, 6.07) is 1.34. The summed E-state index contributed by atoms with van der Waals surface area (Å²) >= 11 is 6.11. The lowest BCUT2D eigenvalue weighted by molar-refractivity contribution is 0.102. The van der Waals surface area contributed by atoms with Gasteiger partial charge in [0.2, 0.25) is 5.43 Å². The van der Waals surface area contributed by atoms with Crippen molar-refractivity contribution in [2.24, 2.45) is 7.05 Å². The van der Waals surface area contributed by atoms with Crippen molar-refractivity contribution in [1.82, 2.24) is 14.8 Å². The number of halogens is 1. The van der Waals surface area contributed by atoms with Crippen LogP contribution in [0.2, 0.25) is 5.15 Å². The lowest BCUT2D eigenvalue weighted by Crippen LogP contribution is -2.19. The molecule has 2 N–H and O–H groups in total. The number of carbonyl (C=O) groups is 1. The van der Waals surface area contributed by atoms with Gasteiger partial charge in [-0.05, 0) is 5.92 Å². The van der Waals surface area contributed by atoms with E-state index >= 15 is 0 Å². The van der Waals surface area contributed by atoms with Gasteiger partial charge in [-0.3, -0.25) is 14.3 Å². The first-order valence-electron chi connectivity index (χ1n) is 6.12. The Bertz CT molecular complexity index is 703. The molecule has 0 aliphatic heterocycles. The van der Waals surface area contributed by atoms with E-state index in [4.69, 9.17) is 11.6 Å². The molecule has 0 aromatic carbocycles. The summed E-state index contributed by atoms with van der Waals surface area (Å²) in [6.45, 7) is 3.84. The van der Waals surface area contributed by atoms with Crippen LogP contribution in [0.1, 0.15) is 35.8 Å². The average molecular weight is 295 g/mol. The first-order valence-corrected chi connectivity index (χ1v) is 6.50. The lowest BCUT2D eigenvalue weighted by Gasteiger charge is -2.06. The second-order valence-corrected chi connectivity index (χ2v) is 5.06. The number of rotatable bonds is 3. The molecule has 0 atom stereocenters. The van der Waals surface area contributed by atoms with Crippen LogP contribution < -0.4 is 10.7 Å². The average Bonchev–Trinajstić information content (AvgIpc) is 2.69. The van der Waals surface area contributed by atoms with Gasteiger partial charge in [-0.2, -0.15) is 5.10 Å². The minimum absolute atomic E-state index is 0.0449. The Labute approximate surface area is 120 Å². The Morgan fingerprint density at radius 3 is 2.80 bits per heavy atom. The molecule has 2 aromatic heterocycles. The Hall–Kier alpha value is -2.08. The third-order valence-electron chi connectivity index (χ3n) is 2.85. The van der Waals surface area contributed by atoms with Crippen LogP contribution in [0.3, 0.4) is 0 Å². The molecule has 7 heteroatoms. The maximum Gasteiger partial charge on any atom is 0.260 e. The van der Waals surface area contributed by atoms with E-state index < -0.39 is 5.91 Å². The molecule has 2 aromatic rings. The molecule has 0 saturated carbocycles. The zero-order chi connectivity index (χ0) is 14.9. The van der Waals surface area contributed by atoms with Gasteiger partial charge in [-0.25, -0.2) is 0 Å². The monoisotopic (exact) mass is 294 g/mol. The summed E-state index contributed by atoms with van der Waals surface area (Å²) < 4.78 is 1.45. The van der Waals surface area contributed by atoms with Crippen molar-refractivity contribution in [2.45, 2.75) is 19.8 Å². The maximum atomic E-state index is 12.3. The normalized spacial score (nSPS) is 10.8. The molecule has 0 aliphatic carbocycles. The number of amides is 1. The van der Waals surface area contributed by atoms with Crippen LogP contribution in [0, 0.1) is 0 Å². The van der Waals surface area contributed by atoms with Gasteiger partial charge < -0.3 is 10.3 Å². The van der Waals surface area contributed by atoms with E-state index in [2.05, 4.69) is 15.4 Å². The van der Waals surface area contributed by atoms with Crippen molar-refractivity contribution in [3.8, 4) is 0 Å². The Morgan fingerprint density at radius 1 is 1.50 bits per heavy atom. The number of aromatic nitrogens is 3. The van der Waals surface area contributed by atoms with Crippen molar-refractivity contribution in [2.75, 3.05) is 5.32 Å². The highest BCUT2D eigenvalue weighted by Gasteiger charge is 2.23. The molecule has 0 fully saturated rings. The third kappa shape index (κ3) is 2.60. The predicted octanol–water partition coefficient (Wildman–Crippen LogP) is 2.14. The van der Waals surface area contributed by atoms with Crippen molar-refractivity contribution in [3.05, 3.63) is 45.1 Å². The second kappa shape index (κ2) is 5.50. The highest BCUT2D eigenvalue weighted by molar-refractivity contribution is 6.33. The lowest BCUT2D eigenvalue weighted by atomic mass is 10.1. The molecule has 0 unspecified atom stereocenters. The number of nitrogens with one attached hydrogen (secondary N) is 2. The number of hydrogen-bond acceptors (Lipinski definition) is 3. The molecule has 0 spiro atoms. The van der Waals surface area contributed by atoms with Gasteiger partial charge >= 0.3 is 0 Å². The number of hydrogen-bond donors (Lipinski definition) is 2. The van der Waals surface area contributed by atoms with Gasteiger partial charge in [-0.1, -0.05) is 25.4 Å². The van der Waals surface area contributed by atoms with E-state index in [1.807, 2.05) is 13.8 Å². The summed E-state index contributed by atoms with van der Waals surface area (Å²) in [5, 5.41) is 7.04. The number of carbonyl (C=O) groups excluding carboxylic acids is 1. The number of H-pyrrole nitrogens is 1. The Balaban J connectivity index is 2.40. The fourth-order valence-corrected chi connectivity index (χ4v) is 2.06. The van der Waals surface area contributed by atoms with E-state index in [9.17, 15) is 9.59 Å². The van der Waals surface area contributed by atoms with Crippen molar-refractivity contribution in [1.29, 1.82) is 0 Å². The maximum absolute atomic E-state index is 12.3. The molecule has 2 rings (SSSR count). The van der Waals surface area contributed by atoms with Crippen molar-refractivity contribution in [3.63, 3.8) is 0 Å². The van der Waals surface area contributed by atoms with Crippen LogP contribution >= 0.6 is 11.6 Å². The summed E-state index contributed by atoms with van der Waals surface area (Å²) in [4.78, 5) is 26.7. The van der Waals surface area contributed by atoms with Crippen molar-refractivity contribution < 1.29 is 4.79 Å². The van der Waals surface area contributed by atoms with E-state index in [1.165, 1.54) is 23.1 Å².